The van der Waals surface area contributed by atoms with Crippen molar-refractivity contribution in [1.82, 2.24) is 0 Å². The van der Waals surface area contributed by atoms with Gasteiger partial charge in [-0.1, -0.05) is 66.7 Å². The second kappa shape index (κ2) is 10.4. The van der Waals surface area contributed by atoms with Crippen LogP contribution in [0.2, 0.25) is 0 Å². The van der Waals surface area contributed by atoms with Gasteiger partial charge in [0.1, 0.15) is 12.2 Å². The molecule has 1 aliphatic heterocycles. The lowest BCUT2D eigenvalue weighted by atomic mass is 10.1. The molecule has 3 atom stereocenters. The minimum absolute atomic E-state index is 0.0901. The maximum atomic E-state index is 6.09. The average molecular weight is 368 g/mol. The summed E-state index contributed by atoms with van der Waals surface area (Å²) in [6.07, 6.45) is 3.28. The third kappa shape index (κ3) is 6.60. The Hall–Kier alpha value is -1.98. The topological polar surface area (TPSA) is 36.9 Å². The zero-order valence-electron chi connectivity index (χ0n) is 16.0. The van der Waals surface area contributed by atoms with Crippen LogP contribution in [0.4, 0.5) is 0 Å². The molecule has 0 saturated carbocycles. The highest BCUT2D eigenvalue weighted by Crippen LogP contribution is 2.20. The molecule has 0 amide bonds. The molecule has 4 nitrogen and oxygen atoms in total. The van der Waals surface area contributed by atoms with E-state index in [1.54, 1.807) is 0 Å². The van der Waals surface area contributed by atoms with Crippen LogP contribution < -0.4 is 0 Å². The van der Waals surface area contributed by atoms with Gasteiger partial charge in [-0.05, 0) is 31.1 Å². The third-order valence-corrected chi connectivity index (χ3v) is 4.22. The van der Waals surface area contributed by atoms with Crippen LogP contribution >= 0.6 is 0 Å². The van der Waals surface area contributed by atoms with Crippen LogP contribution in [0.1, 0.15) is 25.0 Å². The summed E-state index contributed by atoms with van der Waals surface area (Å²) in [5, 5.41) is 0. The molecule has 0 saturated heterocycles. The smallest absolute Gasteiger partial charge is 0.177 e. The quantitative estimate of drug-likeness (QED) is 0.611. The Balaban J connectivity index is 1.57. The van der Waals surface area contributed by atoms with Gasteiger partial charge in [-0.3, -0.25) is 0 Å². The van der Waals surface area contributed by atoms with E-state index in [1.807, 2.05) is 62.4 Å². The van der Waals surface area contributed by atoms with Gasteiger partial charge in [-0.2, -0.15) is 0 Å². The highest BCUT2D eigenvalue weighted by atomic mass is 16.7. The first kappa shape index (κ1) is 19.8. The van der Waals surface area contributed by atoms with Gasteiger partial charge >= 0.3 is 0 Å². The molecule has 27 heavy (non-hydrogen) atoms. The molecule has 2 aromatic carbocycles. The fourth-order valence-corrected chi connectivity index (χ4v) is 2.90. The van der Waals surface area contributed by atoms with Crippen molar-refractivity contribution in [3.63, 3.8) is 0 Å². The maximum Gasteiger partial charge on any atom is 0.177 e. The highest BCUT2D eigenvalue weighted by Gasteiger charge is 2.29. The van der Waals surface area contributed by atoms with Crippen molar-refractivity contribution in [2.75, 3.05) is 6.61 Å². The Bertz CT molecular complexity index is 684. The predicted octanol–water partition coefficient (Wildman–Crippen LogP) is 4.49. The molecule has 1 heterocycles. The summed E-state index contributed by atoms with van der Waals surface area (Å²) in [5.41, 5.74) is 2.27. The summed E-state index contributed by atoms with van der Waals surface area (Å²) in [6.45, 7) is 5.51. The second-order valence-corrected chi connectivity index (χ2v) is 6.87. The molecule has 3 rings (SSSR count). The average Bonchev–Trinajstić information content (AvgIpc) is 2.68. The summed E-state index contributed by atoms with van der Waals surface area (Å²) in [5.74, 6) is 0. The molecular weight excluding hydrogens is 340 g/mol. The fraction of sp³-hybridized carbons (Fsp3) is 0.391. The van der Waals surface area contributed by atoms with Crippen molar-refractivity contribution in [2.24, 2.45) is 0 Å². The molecule has 0 unspecified atom stereocenters. The van der Waals surface area contributed by atoms with Crippen molar-refractivity contribution in [1.29, 1.82) is 0 Å². The molecule has 1 aliphatic rings. The van der Waals surface area contributed by atoms with Gasteiger partial charge < -0.3 is 18.9 Å². The number of ether oxygens (including phenoxy) is 4. The van der Waals surface area contributed by atoms with Gasteiger partial charge in [0, 0.05) is 0 Å². The van der Waals surface area contributed by atoms with E-state index in [2.05, 4.69) is 24.3 Å². The Labute approximate surface area is 161 Å². The van der Waals surface area contributed by atoms with Crippen LogP contribution in [0.15, 0.2) is 72.8 Å². The van der Waals surface area contributed by atoms with Crippen LogP contribution in [0, 0.1) is 0 Å². The van der Waals surface area contributed by atoms with Crippen molar-refractivity contribution in [3.05, 3.63) is 83.9 Å². The van der Waals surface area contributed by atoms with Crippen LogP contribution in [0.25, 0.3) is 0 Å². The molecule has 0 spiro atoms. The van der Waals surface area contributed by atoms with Crippen LogP contribution in [0.5, 0.6) is 0 Å². The van der Waals surface area contributed by atoms with E-state index >= 15 is 0 Å². The van der Waals surface area contributed by atoms with E-state index in [0.717, 1.165) is 11.1 Å². The first-order chi connectivity index (χ1) is 13.2. The molecule has 4 heteroatoms. The first-order valence-corrected chi connectivity index (χ1v) is 9.47. The Kier molecular flexibility index (Phi) is 7.60. The number of benzene rings is 2. The standard InChI is InChI=1S/C23H28O4/c1-18(2)26-23-14-13-21(25-16-20-11-7-4-8-12-20)22(27-23)17-24-15-19-9-5-3-6-10-19/h3-14,18,21-23H,15-17H2,1-2H3/t21-,22-,23+/m1/s1. The van der Waals surface area contributed by atoms with E-state index in [4.69, 9.17) is 18.9 Å². The Morgan fingerprint density at radius 1 is 0.852 bits per heavy atom. The summed E-state index contributed by atoms with van der Waals surface area (Å²) in [4.78, 5) is 0. The minimum atomic E-state index is -0.369. The largest absolute Gasteiger partial charge is 0.374 e. The maximum absolute atomic E-state index is 6.09. The van der Waals surface area contributed by atoms with Crippen molar-refractivity contribution < 1.29 is 18.9 Å². The zero-order chi connectivity index (χ0) is 18.9. The van der Waals surface area contributed by atoms with E-state index in [1.165, 1.54) is 0 Å². The molecular formula is C23H28O4. The summed E-state index contributed by atoms with van der Waals surface area (Å²) < 4.78 is 23.8. The van der Waals surface area contributed by atoms with Gasteiger partial charge in [0.05, 0.1) is 25.9 Å². The van der Waals surface area contributed by atoms with Crippen LogP contribution in [-0.2, 0) is 32.2 Å². The molecule has 0 aliphatic carbocycles. The summed E-state index contributed by atoms with van der Waals surface area (Å²) >= 11 is 0. The number of hydrogen-bond acceptors (Lipinski definition) is 4. The predicted molar refractivity (Wildman–Crippen MR) is 105 cm³/mol. The molecule has 0 N–H and O–H groups in total. The number of rotatable bonds is 9. The monoisotopic (exact) mass is 368 g/mol. The summed E-state index contributed by atoms with van der Waals surface area (Å²) in [7, 11) is 0. The van der Waals surface area contributed by atoms with E-state index in [0.29, 0.717) is 19.8 Å². The second-order valence-electron chi connectivity index (χ2n) is 6.87. The number of hydrogen-bond donors (Lipinski definition) is 0. The zero-order valence-corrected chi connectivity index (χ0v) is 16.0. The molecule has 2 aromatic rings. The van der Waals surface area contributed by atoms with Gasteiger partial charge in [0.15, 0.2) is 6.29 Å². The lowest BCUT2D eigenvalue weighted by Gasteiger charge is -2.33. The molecule has 0 radical (unpaired) electrons. The molecule has 144 valence electrons. The summed E-state index contributed by atoms with van der Waals surface area (Å²) in [6, 6.07) is 20.3. The van der Waals surface area contributed by atoms with Gasteiger partial charge in [0.25, 0.3) is 0 Å². The lowest BCUT2D eigenvalue weighted by Crippen LogP contribution is -2.41. The Morgan fingerprint density at radius 2 is 1.48 bits per heavy atom. The van der Waals surface area contributed by atoms with Gasteiger partial charge in [0.2, 0.25) is 0 Å². The van der Waals surface area contributed by atoms with E-state index in [-0.39, 0.29) is 24.6 Å². The lowest BCUT2D eigenvalue weighted by molar-refractivity contribution is -0.205. The third-order valence-electron chi connectivity index (χ3n) is 4.22. The van der Waals surface area contributed by atoms with Crippen molar-refractivity contribution >= 4 is 0 Å². The normalized spacial score (nSPS) is 22.3. The highest BCUT2D eigenvalue weighted by molar-refractivity contribution is 5.14. The molecule has 0 fully saturated rings. The van der Waals surface area contributed by atoms with Crippen LogP contribution in [0.3, 0.4) is 0 Å². The molecule has 0 bridgehead atoms. The fourth-order valence-electron chi connectivity index (χ4n) is 2.90. The first-order valence-electron chi connectivity index (χ1n) is 9.47. The molecule has 0 aromatic heterocycles. The van der Waals surface area contributed by atoms with Gasteiger partial charge in [-0.15, -0.1) is 0 Å². The van der Waals surface area contributed by atoms with Crippen molar-refractivity contribution in [2.45, 2.75) is 51.7 Å². The van der Waals surface area contributed by atoms with E-state index in [9.17, 15) is 0 Å². The van der Waals surface area contributed by atoms with E-state index < -0.39 is 0 Å². The van der Waals surface area contributed by atoms with Gasteiger partial charge in [-0.25, -0.2) is 0 Å². The SMILES string of the molecule is CC(C)O[C@@H]1C=C[C@@H](OCc2ccccc2)[C@@H](COCc2ccccc2)O1. The minimum Gasteiger partial charge on any atom is -0.374 e. The van der Waals surface area contributed by atoms with Crippen LogP contribution in [-0.4, -0.2) is 31.2 Å². The van der Waals surface area contributed by atoms with Crippen molar-refractivity contribution in [3.8, 4) is 0 Å². The Morgan fingerprint density at radius 3 is 2.11 bits per heavy atom.